The Bertz CT molecular complexity index is 2490. The normalized spacial score (nSPS) is 12.0. The van der Waals surface area contributed by atoms with Crippen molar-refractivity contribution in [2.75, 3.05) is 0 Å². The summed E-state index contributed by atoms with van der Waals surface area (Å²) in [7, 11) is 0. The van der Waals surface area contributed by atoms with E-state index in [1.807, 2.05) is 12.1 Å². The van der Waals surface area contributed by atoms with Crippen LogP contribution in [0.25, 0.3) is 80.7 Å². The Kier molecular flexibility index (Phi) is 6.68. The third-order valence-electron chi connectivity index (χ3n) is 7.95. The predicted molar refractivity (Wildman–Crippen MR) is 187 cm³/mol. The van der Waals surface area contributed by atoms with Crippen LogP contribution in [0.2, 0.25) is 0 Å². The molecule has 0 fully saturated rings. The molecule has 0 aliphatic carbocycles. The molecule has 230 valence electrons. The highest BCUT2D eigenvalue weighted by atomic mass is 32.1. The fourth-order valence-corrected chi connectivity index (χ4v) is 11.6. The highest BCUT2D eigenvalue weighted by Gasteiger charge is 2.19. The molecule has 0 unspecified atom stereocenters. The number of hydrogen-bond acceptors (Lipinski definition) is 5. The van der Waals surface area contributed by atoms with Crippen LogP contribution in [0.1, 0.15) is 0 Å². The maximum atomic E-state index is 14.4. The highest BCUT2D eigenvalue weighted by molar-refractivity contribution is 7.29. The molecule has 5 aromatic heterocycles. The molecule has 9 rings (SSSR count). The second-order valence-electron chi connectivity index (χ2n) is 10.9. The molecule has 4 aromatic carbocycles. The highest BCUT2D eigenvalue weighted by Crippen LogP contribution is 2.47. The van der Waals surface area contributed by atoms with E-state index in [2.05, 4.69) is 36.4 Å². The molecule has 0 nitrogen and oxygen atoms in total. The molecule has 0 saturated heterocycles. The predicted octanol–water partition coefficient (Wildman–Crippen LogP) is 14.1. The number of benzene rings is 4. The first-order valence-electron chi connectivity index (χ1n) is 14.0. The van der Waals surface area contributed by atoms with Gasteiger partial charge in [-0.15, -0.1) is 56.7 Å². The SMILES string of the molecule is Fc1cc(F)c(-c2ccc(-c3cc4cc5c(cc4s3)sc3cc4sc(-c6ccc(-c7c(F)cc(F)cc7F)s6)cc4cc35)s2)c(F)c1. The Morgan fingerprint density at radius 3 is 1.11 bits per heavy atom. The topological polar surface area (TPSA) is 0 Å². The van der Waals surface area contributed by atoms with Crippen LogP contribution >= 0.6 is 56.7 Å². The van der Waals surface area contributed by atoms with E-state index >= 15 is 0 Å². The van der Waals surface area contributed by atoms with Gasteiger partial charge in [0.2, 0.25) is 0 Å². The van der Waals surface area contributed by atoms with Crippen molar-refractivity contribution in [2.24, 2.45) is 0 Å². The van der Waals surface area contributed by atoms with E-state index in [9.17, 15) is 26.3 Å². The van der Waals surface area contributed by atoms with Crippen LogP contribution in [0.15, 0.2) is 84.9 Å². The number of hydrogen-bond donors (Lipinski definition) is 0. The molecule has 0 aliphatic heterocycles. The number of halogens is 6. The van der Waals surface area contributed by atoms with Crippen molar-refractivity contribution in [2.45, 2.75) is 0 Å². The van der Waals surface area contributed by atoms with Gasteiger partial charge in [0.05, 0.1) is 11.1 Å². The molecule has 0 aliphatic rings. The van der Waals surface area contributed by atoms with E-state index in [0.717, 1.165) is 59.9 Å². The summed E-state index contributed by atoms with van der Waals surface area (Å²) in [5.74, 6) is -5.62. The van der Waals surface area contributed by atoms with E-state index < -0.39 is 34.9 Å². The monoisotopic (exact) mass is 720 g/mol. The van der Waals surface area contributed by atoms with Crippen LogP contribution in [0.5, 0.6) is 0 Å². The van der Waals surface area contributed by atoms with Gasteiger partial charge in [0, 0.05) is 83.1 Å². The molecule has 0 radical (unpaired) electrons. The molecular weight excluding hydrogens is 707 g/mol. The van der Waals surface area contributed by atoms with Crippen molar-refractivity contribution < 1.29 is 26.3 Å². The molecule has 0 bridgehead atoms. The molecule has 0 saturated carbocycles. The van der Waals surface area contributed by atoms with Crippen molar-refractivity contribution in [1.82, 2.24) is 0 Å². The first-order chi connectivity index (χ1) is 22.7. The third-order valence-corrected chi connectivity index (χ3v) is 13.9. The molecule has 47 heavy (non-hydrogen) atoms. The number of rotatable bonds is 4. The van der Waals surface area contributed by atoms with Gasteiger partial charge in [-0.25, -0.2) is 26.3 Å². The first kappa shape index (κ1) is 29.2. The van der Waals surface area contributed by atoms with Gasteiger partial charge in [-0.1, -0.05) is 0 Å². The second-order valence-corrected chi connectivity index (χ2v) is 16.3. The Labute approximate surface area is 282 Å². The summed E-state index contributed by atoms with van der Waals surface area (Å²) >= 11 is 7.44. The van der Waals surface area contributed by atoms with E-state index in [1.165, 1.54) is 22.7 Å². The molecule has 9 aromatic rings. The minimum Gasteiger partial charge on any atom is -0.207 e. The molecule has 0 spiro atoms. The third kappa shape index (κ3) is 4.83. The fourth-order valence-electron chi connectivity index (χ4n) is 5.85. The van der Waals surface area contributed by atoms with Gasteiger partial charge in [-0.3, -0.25) is 0 Å². The molecule has 0 amide bonds. The van der Waals surface area contributed by atoms with Crippen LogP contribution in [0.4, 0.5) is 26.3 Å². The lowest BCUT2D eigenvalue weighted by Crippen LogP contribution is -1.90. The van der Waals surface area contributed by atoms with Crippen LogP contribution in [0.3, 0.4) is 0 Å². The lowest BCUT2D eigenvalue weighted by atomic mass is 10.1. The Morgan fingerprint density at radius 1 is 0.319 bits per heavy atom. The number of thiophene rings is 5. The summed E-state index contributed by atoms with van der Waals surface area (Å²) in [6, 6.07) is 22.6. The van der Waals surface area contributed by atoms with Crippen LogP contribution in [-0.4, -0.2) is 0 Å². The van der Waals surface area contributed by atoms with Gasteiger partial charge in [0.15, 0.2) is 0 Å². The van der Waals surface area contributed by atoms with Crippen LogP contribution < -0.4 is 0 Å². The molecule has 0 N–H and O–H groups in total. The van der Waals surface area contributed by atoms with Crippen molar-refractivity contribution in [3.8, 4) is 40.4 Å². The van der Waals surface area contributed by atoms with E-state index in [4.69, 9.17) is 0 Å². The minimum atomic E-state index is -0.951. The zero-order valence-electron chi connectivity index (χ0n) is 23.4. The maximum Gasteiger partial charge on any atom is 0.137 e. The zero-order valence-corrected chi connectivity index (χ0v) is 27.5. The Hall–Kier alpha value is -4.00. The standard InChI is InChI=1S/C36H14F6S5/c37-17-9-21(39)35(22(40)10-17)27-3-1-25(43-27)33-7-15-5-19-20-6-16-8-34(46-30(16)14-32(20)47-31(19)13-29(15)45-33)26-2-4-28(44-26)36-23(41)11-18(38)12-24(36)42/h1-14H. The summed E-state index contributed by atoms with van der Waals surface area (Å²) in [5.41, 5.74) is -0.456. The van der Waals surface area contributed by atoms with Gasteiger partial charge >= 0.3 is 0 Å². The lowest BCUT2D eigenvalue weighted by molar-refractivity contribution is 0.547. The number of fused-ring (bicyclic) bond motifs is 5. The van der Waals surface area contributed by atoms with Crippen molar-refractivity contribution in [3.05, 3.63) is 120 Å². The fraction of sp³-hybridized carbons (Fsp3) is 0. The summed E-state index contributed by atoms with van der Waals surface area (Å²) in [5, 5.41) is 4.37. The van der Waals surface area contributed by atoms with Crippen LogP contribution in [-0.2, 0) is 0 Å². The quantitative estimate of drug-likeness (QED) is 0.159. The maximum absolute atomic E-state index is 14.4. The van der Waals surface area contributed by atoms with Gasteiger partial charge in [0.1, 0.15) is 34.9 Å². The summed E-state index contributed by atoms with van der Waals surface area (Å²) in [6.07, 6.45) is 0. The second kappa shape index (κ2) is 10.8. The zero-order chi connectivity index (χ0) is 32.1. The lowest BCUT2D eigenvalue weighted by Gasteiger charge is -2.02. The van der Waals surface area contributed by atoms with E-state index in [0.29, 0.717) is 34.0 Å². The van der Waals surface area contributed by atoms with Crippen LogP contribution in [0, 0.1) is 34.9 Å². The van der Waals surface area contributed by atoms with E-state index in [-0.39, 0.29) is 11.1 Å². The Morgan fingerprint density at radius 2 is 0.702 bits per heavy atom. The smallest absolute Gasteiger partial charge is 0.137 e. The molecule has 5 heterocycles. The van der Waals surface area contributed by atoms with Gasteiger partial charge in [-0.2, -0.15) is 0 Å². The van der Waals surface area contributed by atoms with Crippen molar-refractivity contribution in [3.63, 3.8) is 0 Å². The minimum absolute atomic E-state index is 0.228. The van der Waals surface area contributed by atoms with Crippen molar-refractivity contribution >= 4 is 97.0 Å². The summed E-state index contributed by atoms with van der Waals surface area (Å²) in [4.78, 5) is 4.47. The largest absolute Gasteiger partial charge is 0.207 e. The molecule has 11 heteroatoms. The van der Waals surface area contributed by atoms with Gasteiger partial charge in [0.25, 0.3) is 0 Å². The average Bonchev–Trinajstić information content (AvgIpc) is 3.83. The Balaban J connectivity index is 1.08. The van der Waals surface area contributed by atoms with Crippen molar-refractivity contribution in [1.29, 1.82) is 0 Å². The average molecular weight is 721 g/mol. The molecule has 0 atom stereocenters. The van der Waals surface area contributed by atoms with E-state index in [1.54, 1.807) is 46.1 Å². The summed E-state index contributed by atoms with van der Waals surface area (Å²) < 4.78 is 89.0. The van der Waals surface area contributed by atoms with Gasteiger partial charge < -0.3 is 0 Å². The first-order valence-corrected chi connectivity index (χ1v) is 18.1. The summed E-state index contributed by atoms with van der Waals surface area (Å²) in [6.45, 7) is 0. The van der Waals surface area contributed by atoms with Gasteiger partial charge in [-0.05, 0) is 71.4 Å². The molecular formula is C36H14F6S5.